The third kappa shape index (κ3) is 5.29. The highest BCUT2D eigenvalue weighted by Crippen LogP contribution is 2.30. The molecule has 1 aliphatic rings. The number of aromatic nitrogens is 2. The van der Waals surface area contributed by atoms with Gasteiger partial charge in [0, 0.05) is 47.7 Å². The van der Waals surface area contributed by atoms with Crippen LogP contribution in [0.2, 0.25) is 5.02 Å². The van der Waals surface area contributed by atoms with E-state index in [9.17, 15) is 4.79 Å². The molecule has 0 bridgehead atoms. The Morgan fingerprint density at radius 2 is 1.78 bits per heavy atom. The first-order chi connectivity index (χ1) is 17.8. The zero-order chi connectivity index (χ0) is 26.1. The van der Waals surface area contributed by atoms with Gasteiger partial charge in [-0.25, -0.2) is 4.99 Å². The number of benzodiazepines with no additional fused rings is 1. The third-order valence-corrected chi connectivity index (χ3v) is 6.93. The van der Waals surface area contributed by atoms with Crippen LogP contribution in [0.5, 0.6) is 0 Å². The molecule has 1 atom stereocenters. The monoisotopic (exact) mass is 592 g/mol. The van der Waals surface area contributed by atoms with E-state index in [4.69, 9.17) is 28.8 Å². The molecule has 0 radical (unpaired) electrons. The number of likely N-dealkylation sites (N-methyl/N-ethyl adjacent to an activating group) is 1. The molecule has 1 aromatic heterocycles. The van der Waals surface area contributed by atoms with Crippen molar-refractivity contribution in [1.29, 1.82) is 0 Å². The second-order valence-corrected chi connectivity index (χ2v) is 10.2. The number of nitrogens with zero attached hydrogens (tertiary/aromatic N) is 4. The first-order valence-corrected chi connectivity index (χ1v) is 13.0. The van der Waals surface area contributed by atoms with Gasteiger partial charge < -0.3 is 15.5 Å². The zero-order valence-electron chi connectivity index (χ0n) is 19.9. The number of hydrogen-bond donors (Lipinski definition) is 2. The number of rotatable bonds is 4. The van der Waals surface area contributed by atoms with Gasteiger partial charge in [-0.1, -0.05) is 54.1 Å². The maximum atomic E-state index is 13.5. The van der Waals surface area contributed by atoms with Gasteiger partial charge in [0.1, 0.15) is 5.69 Å². The van der Waals surface area contributed by atoms with Crippen LogP contribution in [0.15, 0.2) is 88.5 Å². The van der Waals surface area contributed by atoms with Crippen molar-refractivity contribution in [3.8, 4) is 11.3 Å². The number of aryl methyl sites for hydroxylation is 1. The molecule has 2 heterocycles. The summed E-state index contributed by atoms with van der Waals surface area (Å²) >= 11 is 15.5. The van der Waals surface area contributed by atoms with Crippen LogP contribution in [0.25, 0.3) is 11.3 Å². The fourth-order valence-electron chi connectivity index (χ4n) is 4.16. The molecular weight excluding hydrogens is 572 g/mol. The fourth-order valence-corrected chi connectivity index (χ4v) is 5.16. The van der Waals surface area contributed by atoms with Gasteiger partial charge in [0.05, 0.1) is 15.9 Å². The van der Waals surface area contributed by atoms with Crippen LogP contribution in [0, 0.1) is 0 Å². The molecular formula is C27H22BrClN6OS. The topological polar surface area (TPSA) is 74.6 Å². The van der Waals surface area contributed by atoms with Crippen LogP contribution in [0.4, 0.5) is 11.4 Å². The van der Waals surface area contributed by atoms with Gasteiger partial charge in [0.25, 0.3) is 5.91 Å². The van der Waals surface area contributed by atoms with Gasteiger partial charge in [-0.3, -0.25) is 9.48 Å². The zero-order valence-corrected chi connectivity index (χ0v) is 23.1. The fraction of sp³-hybridized carbons (Fsp3) is 0.111. The van der Waals surface area contributed by atoms with E-state index in [1.54, 1.807) is 22.7 Å². The highest BCUT2D eigenvalue weighted by molar-refractivity contribution is 9.10. The van der Waals surface area contributed by atoms with Crippen LogP contribution < -0.4 is 15.5 Å². The van der Waals surface area contributed by atoms with Gasteiger partial charge in [-0.05, 0) is 58.5 Å². The molecule has 1 aliphatic heterocycles. The van der Waals surface area contributed by atoms with Gasteiger partial charge in [-0.15, -0.1) is 0 Å². The Morgan fingerprint density at radius 1 is 1.03 bits per heavy atom. The maximum Gasteiger partial charge on any atom is 0.272 e. The largest absolute Gasteiger partial charge is 0.333 e. The Kier molecular flexibility index (Phi) is 7.10. The molecule has 4 aromatic rings. The Bertz CT molecular complexity index is 1540. The van der Waals surface area contributed by atoms with E-state index in [1.807, 2.05) is 80.0 Å². The molecule has 1 amide bonds. The SMILES string of the molecule is CN1C(=O)C(NC(=S)Nc2cccc(-c3nn(C)cc3Br)c2)N=C(c2ccccc2)c2cc(Cl)ccc21. The predicted molar refractivity (Wildman–Crippen MR) is 156 cm³/mol. The summed E-state index contributed by atoms with van der Waals surface area (Å²) in [4.78, 5) is 19.9. The van der Waals surface area contributed by atoms with Crippen molar-refractivity contribution in [2.45, 2.75) is 6.17 Å². The summed E-state index contributed by atoms with van der Waals surface area (Å²) in [5, 5.41) is 11.6. The van der Waals surface area contributed by atoms with Crippen LogP contribution in [0.3, 0.4) is 0 Å². The molecule has 2 N–H and O–H groups in total. The van der Waals surface area contributed by atoms with Crippen LogP contribution in [-0.4, -0.2) is 39.7 Å². The number of amides is 1. The lowest BCUT2D eigenvalue weighted by atomic mass is 10.0. The van der Waals surface area contributed by atoms with Crippen molar-refractivity contribution in [2.75, 3.05) is 17.3 Å². The number of aliphatic imine (C=N–C) groups is 1. The highest BCUT2D eigenvalue weighted by Gasteiger charge is 2.30. The first-order valence-electron chi connectivity index (χ1n) is 11.4. The number of thiocarbonyl (C=S) groups is 1. The van der Waals surface area contributed by atoms with Crippen molar-refractivity contribution in [2.24, 2.45) is 12.0 Å². The number of benzene rings is 3. The standard InChI is InChI=1S/C27H22BrClN6OS/c1-34-15-21(28)24(33-34)17-9-6-10-19(13-17)30-27(37)32-25-26(36)35(2)22-12-11-18(29)14-20(22)23(31-25)16-7-4-3-5-8-16/h3-15,25H,1-2H3,(H2,30,32,37). The van der Waals surface area contributed by atoms with Crippen LogP contribution in [-0.2, 0) is 11.8 Å². The van der Waals surface area contributed by atoms with Gasteiger partial charge in [0.2, 0.25) is 6.17 Å². The van der Waals surface area contributed by atoms with E-state index in [0.29, 0.717) is 16.4 Å². The molecule has 37 heavy (non-hydrogen) atoms. The lowest BCUT2D eigenvalue weighted by Gasteiger charge is -2.22. The molecule has 0 aliphatic carbocycles. The number of carbonyl (C=O) groups is 1. The average Bonchev–Trinajstić information content (AvgIpc) is 3.19. The predicted octanol–water partition coefficient (Wildman–Crippen LogP) is 5.63. The minimum Gasteiger partial charge on any atom is -0.333 e. The van der Waals surface area contributed by atoms with Crippen molar-refractivity contribution in [3.05, 3.63) is 99.6 Å². The quantitative estimate of drug-likeness (QED) is 0.300. The molecule has 1 unspecified atom stereocenters. The minimum atomic E-state index is -0.945. The van der Waals surface area contributed by atoms with Crippen LogP contribution in [0.1, 0.15) is 11.1 Å². The normalized spacial score (nSPS) is 15.0. The summed E-state index contributed by atoms with van der Waals surface area (Å²) in [6, 6.07) is 22.8. The molecule has 3 aromatic carbocycles. The summed E-state index contributed by atoms with van der Waals surface area (Å²) < 4.78 is 2.63. The second-order valence-electron chi connectivity index (χ2n) is 8.48. The molecule has 0 saturated carbocycles. The number of hydrogen-bond acceptors (Lipinski definition) is 4. The minimum absolute atomic E-state index is 0.246. The van der Waals surface area contributed by atoms with Gasteiger partial charge in [0.15, 0.2) is 5.11 Å². The van der Waals surface area contributed by atoms with Gasteiger partial charge >= 0.3 is 0 Å². The highest BCUT2D eigenvalue weighted by atomic mass is 79.9. The lowest BCUT2D eigenvalue weighted by molar-refractivity contribution is -0.119. The number of halogens is 2. The maximum absolute atomic E-state index is 13.5. The van der Waals surface area contributed by atoms with E-state index < -0.39 is 6.17 Å². The Morgan fingerprint density at radius 3 is 2.51 bits per heavy atom. The number of anilines is 2. The average molecular weight is 594 g/mol. The summed E-state index contributed by atoms with van der Waals surface area (Å²) in [5.41, 5.74) is 5.50. The first kappa shape index (κ1) is 25.1. The van der Waals surface area contributed by atoms with E-state index in [-0.39, 0.29) is 11.0 Å². The molecule has 10 heteroatoms. The Hall–Kier alpha value is -3.53. The van der Waals surface area contributed by atoms with Crippen molar-refractivity contribution in [1.82, 2.24) is 15.1 Å². The van der Waals surface area contributed by atoms with E-state index in [0.717, 1.165) is 32.5 Å². The number of carbonyl (C=O) groups excluding carboxylic acids is 1. The smallest absolute Gasteiger partial charge is 0.272 e. The third-order valence-electron chi connectivity index (χ3n) is 5.89. The van der Waals surface area contributed by atoms with E-state index in [2.05, 4.69) is 31.7 Å². The van der Waals surface area contributed by atoms with E-state index in [1.165, 1.54) is 0 Å². The molecule has 0 spiro atoms. The summed E-state index contributed by atoms with van der Waals surface area (Å²) in [6.07, 6.45) is 0.947. The summed E-state index contributed by atoms with van der Waals surface area (Å²) in [7, 11) is 3.59. The van der Waals surface area contributed by atoms with Crippen molar-refractivity contribution in [3.63, 3.8) is 0 Å². The van der Waals surface area contributed by atoms with Crippen molar-refractivity contribution >= 4 is 67.9 Å². The Labute approximate surface area is 233 Å². The second kappa shape index (κ2) is 10.5. The molecule has 0 saturated heterocycles. The number of nitrogens with one attached hydrogen (secondary N) is 2. The molecule has 0 fully saturated rings. The Balaban J connectivity index is 1.44. The summed E-state index contributed by atoms with van der Waals surface area (Å²) in [6.45, 7) is 0. The number of fused-ring (bicyclic) bond motifs is 1. The molecule has 5 rings (SSSR count). The summed E-state index contributed by atoms with van der Waals surface area (Å²) in [5.74, 6) is -0.246. The van der Waals surface area contributed by atoms with Crippen molar-refractivity contribution < 1.29 is 4.79 Å². The lowest BCUT2D eigenvalue weighted by Crippen LogP contribution is -2.47. The van der Waals surface area contributed by atoms with Crippen LogP contribution >= 0.6 is 39.7 Å². The molecule has 186 valence electrons. The molecule has 7 nitrogen and oxygen atoms in total. The van der Waals surface area contributed by atoms with E-state index >= 15 is 0 Å². The van der Waals surface area contributed by atoms with Gasteiger partial charge in [-0.2, -0.15) is 5.10 Å².